The number of unbranched alkanes of at least 4 members (excludes halogenated alkanes) is 38. The Kier molecular flexibility index (Phi) is 43.0. The van der Waals surface area contributed by atoms with Crippen molar-refractivity contribution in [2.45, 2.75) is 326 Å². The van der Waals surface area contributed by atoms with Crippen LogP contribution >= 0.6 is 0 Å². The minimum absolute atomic E-state index is 0.131. The van der Waals surface area contributed by atoms with E-state index in [2.05, 4.69) is 19.2 Å². The number of nitrogens with one attached hydrogen (secondary N) is 1. The van der Waals surface area contributed by atoms with Gasteiger partial charge in [-0.25, -0.2) is 0 Å². The zero-order chi connectivity index (χ0) is 45.9. The van der Waals surface area contributed by atoms with Gasteiger partial charge >= 0.3 is 0 Å². The van der Waals surface area contributed by atoms with Crippen LogP contribution in [0.3, 0.4) is 0 Å². The second-order valence-corrected chi connectivity index (χ2v) is 19.7. The lowest BCUT2D eigenvalue weighted by Crippen LogP contribution is -2.60. The highest BCUT2D eigenvalue weighted by Crippen LogP contribution is 2.23. The number of aliphatic hydroxyl groups is 5. The summed E-state index contributed by atoms with van der Waals surface area (Å²) < 4.78 is 11.3. The molecule has 1 saturated heterocycles. The van der Waals surface area contributed by atoms with E-state index in [0.29, 0.717) is 12.8 Å². The van der Waals surface area contributed by atoms with Gasteiger partial charge in [-0.05, 0) is 12.8 Å². The van der Waals surface area contributed by atoms with E-state index in [1.54, 1.807) is 0 Å². The average molecular weight is 898 g/mol. The van der Waals surface area contributed by atoms with E-state index < -0.39 is 49.5 Å². The second-order valence-electron chi connectivity index (χ2n) is 19.7. The molecule has 1 fully saturated rings. The summed E-state index contributed by atoms with van der Waals surface area (Å²) in [6.07, 6.45) is 45.5. The molecular weight excluding hydrogens is 791 g/mol. The van der Waals surface area contributed by atoms with Gasteiger partial charge in [0.15, 0.2) is 6.29 Å². The molecule has 6 N–H and O–H groups in total. The van der Waals surface area contributed by atoms with Crippen LogP contribution in [0.15, 0.2) is 0 Å². The largest absolute Gasteiger partial charge is 0.394 e. The molecule has 9 heteroatoms. The maximum atomic E-state index is 13.0. The normalized spacial score (nSPS) is 20.0. The van der Waals surface area contributed by atoms with Crippen LogP contribution in [0.25, 0.3) is 0 Å². The molecule has 0 aromatic heterocycles. The predicted octanol–water partition coefficient (Wildman–Crippen LogP) is 13.1. The summed E-state index contributed by atoms with van der Waals surface area (Å²) in [4.78, 5) is 13.0. The number of ether oxygens (including phenoxy) is 2. The van der Waals surface area contributed by atoms with Gasteiger partial charge in [-0.3, -0.25) is 4.79 Å². The average Bonchev–Trinajstić information content (AvgIpc) is 3.28. The molecular formula is C54H107NO8. The Hall–Kier alpha value is -0.810. The summed E-state index contributed by atoms with van der Waals surface area (Å²) in [7, 11) is 0. The maximum Gasteiger partial charge on any atom is 0.220 e. The van der Waals surface area contributed by atoms with Crippen LogP contribution in [-0.2, 0) is 14.3 Å². The first-order valence-corrected chi connectivity index (χ1v) is 27.7. The summed E-state index contributed by atoms with van der Waals surface area (Å²) in [6, 6.07) is -0.713. The monoisotopic (exact) mass is 898 g/mol. The molecule has 63 heavy (non-hydrogen) atoms. The van der Waals surface area contributed by atoms with E-state index in [0.717, 1.165) is 38.5 Å². The van der Waals surface area contributed by atoms with Gasteiger partial charge in [0, 0.05) is 6.42 Å². The molecule has 0 radical (unpaired) electrons. The fourth-order valence-corrected chi connectivity index (χ4v) is 9.28. The Bertz CT molecular complexity index is 955. The van der Waals surface area contributed by atoms with E-state index in [1.807, 2.05) is 0 Å². The van der Waals surface area contributed by atoms with Crippen LogP contribution in [0.2, 0.25) is 0 Å². The van der Waals surface area contributed by atoms with Crippen LogP contribution in [-0.4, -0.2) is 87.5 Å². The van der Waals surface area contributed by atoms with Crippen LogP contribution < -0.4 is 5.32 Å². The molecule has 376 valence electrons. The molecule has 1 aliphatic heterocycles. The van der Waals surface area contributed by atoms with Crippen molar-refractivity contribution in [3.63, 3.8) is 0 Å². The molecule has 9 nitrogen and oxygen atoms in total. The summed E-state index contributed by atoms with van der Waals surface area (Å²) >= 11 is 0. The molecule has 1 aliphatic rings. The van der Waals surface area contributed by atoms with E-state index in [4.69, 9.17) is 9.47 Å². The Morgan fingerprint density at radius 3 is 1.13 bits per heavy atom. The number of carbonyl (C=O) groups excluding carboxylic acids is 1. The van der Waals surface area contributed by atoms with E-state index in [-0.39, 0.29) is 12.5 Å². The zero-order valence-electron chi connectivity index (χ0n) is 41.6. The molecule has 0 aromatic carbocycles. The van der Waals surface area contributed by atoms with Crippen molar-refractivity contribution in [1.82, 2.24) is 5.32 Å². The lowest BCUT2D eigenvalue weighted by molar-refractivity contribution is -0.302. The minimum Gasteiger partial charge on any atom is -0.394 e. The third-order valence-corrected chi connectivity index (χ3v) is 13.7. The van der Waals surface area contributed by atoms with Gasteiger partial charge < -0.3 is 40.3 Å². The molecule has 1 amide bonds. The fraction of sp³-hybridized carbons (Fsp3) is 0.981. The third-order valence-electron chi connectivity index (χ3n) is 13.7. The molecule has 0 aromatic rings. The number of hydrogen-bond donors (Lipinski definition) is 6. The van der Waals surface area contributed by atoms with Crippen molar-refractivity contribution in [1.29, 1.82) is 0 Å². The van der Waals surface area contributed by atoms with Crippen molar-refractivity contribution in [3.05, 3.63) is 0 Å². The maximum absolute atomic E-state index is 13.0. The Balaban J connectivity index is 2.21. The Morgan fingerprint density at radius 2 is 0.794 bits per heavy atom. The minimum atomic E-state index is -1.55. The highest BCUT2D eigenvalue weighted by atomic mass is 16.7. The molecule has 7 unspecified atom stereocenters. The topological polar surface area (TPSA) is 149 Å². The van der Waals surface area contributed by atoms with Gasteiger partial charge in [-0.1, -0.05) is 264 Å². The van der Waals surface area contributed by atoms with Gasteiger partial charge in [0.2, 0.25) is 5.91 Å². The summed E-state index contributed by atoms with van der Waals surface area (Å²) in [6.45, 7) is 3.88. The van der Waals surface area contributed by atoms with Crippen LogP contribution in [0.1, 0.15) is 284 Å². The zero-order valence-corrected chi connectivity index (χ0v) is 41.6. The molecule has 0 aliphatic carbocycles. The van der Waals surface area contributed by atoms with E-state index in [9.17, 15) is 30.3 Å². The Morgan fingerprint density at radius 1 is 0.476 bits per heavy atom. The molecule has 0 saturated carbocycles. The van der Waals surface area contributed by atoms with Crippen molar-refractivity contribution < 1.29 is 39.8 Å². The number of hydrogen-bond acceptors (Lipinski definition) is 8. The summed E-state index contributed by atoms with van der Waals surface area (Å²) in [5.74, 6) is -0.137. The quantitative estimate of drug-likeness (QED) is 0.0331. The van der Waals surface area contributed by atoms with Gasteiger partial charge in [0.05, 0.1) is 25.4 Å². The fourth-order valence-electron chi connectivity index (χ4n) is 9.28. The SMILES string of the molecule is CCCCCCCCCCCCCCCCCCCCCCCCC(O)C(COC1OC(CO)C(O)C(O)C1O)NC(=O)CCCCCCCCCCCCCCCCCCCC. The smallest absolute Gasteiger partial charge is 0.220 e. The van der Waals surface area contributed by atoms with Crippen molar-refractivity contribution in [2.24, 2.45) is 0 Å². The number of aliphatic hydroxyl groups excluding tert-OH is 5. The lowest BCUT2D eigenvalue weighted by Gasteiger charge is -2.40. The third kappa shape index (κ3) is 35.1. The molecule has 1 rings (SSSR count). The molecule has 7 atom stereocenters. The van der Waals surface area contributed by atoms with Gasteiger partial charge in [-0.2, -0.15) is 0 Å². The summed E-state index contributed by atoms with van der Waals surface area (Å²) in [5.41, 5.74) is 0. The Labute approximate surface area is 389 Å². The summed E-state index contributed by atoms with van der Waals surface area (Å²) in [5, 5.41) is 54.6. The number of rotatable bonds is 48. The number of amides is 1. The molecule has 0 bridgehead atoms. The first-order chi connectivity index (χ1) is 30.8. The van der Waals surface area contributed by atoms with Crippen LogP contribution in [0.4, 0.5) is 0 Å². The molecule has 1 heterocycles. The van der Waals surface area contributed by atoms with Crippen LogP contribution in [0, 0.1) is 0 Å². The van der Waals surface area contributed by atoms with Crippen LogP contribution in [0.5, 0.6) is 0 Å². The predicted molar refractivity (Wildman–Crippen MR) is 263 cm³/mol. The van der Waals surface area contributed by atoms with Gasteiger partial charge in [0.25, 0.3) is 0 Å². The first-order valence-electron chi connectivity index (χ1n) is 27.7. The van der Waals surface area contributed by atoms with Gasteiger partial charge in [-0.15, -0.1) is 0 Å². The van der Waals surface area contributed by atoms with E-state index >= 15 is 0 Å². The highest BCUT2D eigenvalue weighted by molar-refractivity contribution is 5.76. The number of carbonyl (C=O) groups is 1. The van der Waals surface area contributed by atoms with Crippen molar-refractivity contribution in [2.75, 3.05) is 13.2 Å². The van der Waals surface area contributed by atoms with E-state index in [1.165, 1.54) is 218 Å². The highest BCUT2D eigenvalue weighted by Gasteiger charge is 2.44. The molecule has 0 spiro atoms. The first kappa shape index (κ1) is 60.2. The van der Waals surface area contributed by atoms with Gasteiger partial charge in [0.1, 0.15) is 24.4 Å². The van der Waals surface area contributed by atoms with Crippen molar-refractivity contribution in [3.8, 4) is 0 Å². The second kappa shape index (κ2) is 45.0. The lowest BCUT2D eigenvalue weighted by atomic mass is 9.99. The van der Waals surface area contributed by atoms with Crippen molar-refractivity contribution >= 4 is 5.91 Å². The standard InChI is InChI=1S/C54H107NO8/c1-3-5-7-9-11-13-15-17-19-21-23-24-25-26-27-29-31-33-35-37-39-41-43-48(57)47(46-62-54-53(61)52(60)51(59)49(45-56)63-54)55-50(58)44-42-40-38-36-34-32-30-28-22-20-18-16-14-12-10-8-6-4-2/h47-49,51-54,56-57,59-61H,3-46H2,1-2H3,(H,55,58).